The van der Waals surface area contributed by atoms with Crippen LogP contribution in [0, 0.1) is 0 Å². The molecule has 1 aliphatic rings. The molecule has 1 fully saturated rings. The fraction of sp³-hybridized carbons (Fsp3) is 0.455. The number of amides is 1. The molecule has 1 aromatic heterocycles. The lowest BCUT2D eigenvalue weighted by Crippen LogP contribution is -2.49. The Kier molecular flexibility index (Phi) is 7.86. The summed E-state index contributed by atoms with van der Waals surface area (Å²) in [7, 11) is -3.23. The van der Waals surface area contributed by atoms with Crippen LogP contribution in [0.5, 0.6) is 0 Å². The smallest absolute Gasteiger partial charge is 0.272 e. The molecule has 8 heteroatoms. The summed E-state index contributed by atoms with van der Waals surface area (Å²) in [6, 6.07) is 13.0. The number of sulfonamides is 1. The van der Waals surface area contributed by atoms with Crippen molar-refractivity contribution in [3.05, 3.63) is 64.9 Å². The van der Waals surface area contributed by atoms with Gasteiger partial charge in [-0.3, -0.25) is 4.79 Å². The SMILES string of the molecule is CCCCS(=O)(=O)N1CCC(N(Cc2ccccc2)C(=O)c2ccc(Cl)cn2)CC1. The van der Waals surface area contributed by atoms with Gasteiger partial charge in [-0.2, -0.15) is 0 Å². The maximum absolute atomic E-state index is 13.3. The minimum absolute atomic E-state index is 0.0483. The standard InChI is InChI=1S/C22H28ClN3O3S/c1-2-3-15-30(28,29)25-13-11-20(12-14-25)26(17-18-7-5-4-6-8-18)22(27)21-10-9-19(23)16-24-21/h4-10,16,20H,2-3,11-15,17H2,1H3. The van der Waals surface area contributed by atoms with E-state index in [2.05, 4.69) is 4.98 Å². The molecular formula is C22H28ClN3O3S. The molecule has 1 saturated heterocycles. The van der Waals surface area contributed by atoms with E-state index < -0.39 is 10.0 Å². The molecule has 0 spiro atoms. The number of benzene rings is 1. The van der Waals surface area contributed by atoms with E-state index in [1.807, 2.05) is 42.2 Å². The van der Waals surface area contributed by atoms with Crippen LogP contribution in [0.3, 0.4) is 0 Å². The third-order valence-corrected chi connectivity index (χ3v) is 7.60. The van der Waals surface area contributed by atoms with Crippen molar-refractivity contribution in [3.63, 3.8) is 0 Å². The molecule has 2 heterocycles. The predicted octanol–water partition coefficient (Wildman–Crippen LogP) is 3.97. The van der Waals surface area contributed by atoms with Crippen molar-refractivity contribution in [2.45, 2.75) is 45.2 Å². The number of hydrogen-bond donors (Lipinski definition) is 0. The lowest BCUT2D eigenvalue weighted by atomic mass is 10.0. The quantitative estimate of drug-likeness (QED) is 0.611. The van der Waals surface area contributed by atoms with Crippen LogP contribution < -0.4 is 0 Å². The van der Waals surface area contributed by atoms with Gasteiger partial charge in [0.2, 0.25) is 10.0 Å². The van der Waals surface area contributed by atoms with Gasteiger partial charge in [0.05, 0.1) is 10.8 Å². The van der Waals surface area contributed by atoms with Gasteiger partial charge in [-0.25, -0.2) is 17.7 Å². The Labute approximate surface area is 183 Å². The summed E-state index contributed by atoms with van der Waals surface area (Å²) in [6.07, 6.45) is 4.21. The minimum Gasteiger partial charge on any atom is -0.330 e. The van der Waals surface area contributed by atoms with Gasteiger partial charge in [-0.1, -0.05) is 55.3 Å². The maximum atomic E-state index is 13.3. The molecule has 6 nitrogen and oxygen atoms in total. The van der Waals surface area contributed by atoms with Crippen LogP contribution in [-0.4, -0.2) is 53.4 Å². The third-order valence-electron chi connectivity index (χ3n) is 5.42. The third kappa shape index (κ3) is 5.80. The number of carbonyl (C=O) groups excluding carboxylic acids is 1. The summed E-state index contributed by atoms with van der Waals surface area (Å²) in [5.74, 6) is 0.0259. The number of unbranched alkanes of at least 4 members (excludes halogenated alkanes) is 1. The van der Waals surface area contributed by atoms with Crippen LogP contribution >= 0.6 is 11.6 Å². The summed E-state index contributed by atoms with van der Waals surface area (Å²) in [5, 5.41) is 0.478. The monoisotopic (exact) mass is 449 g/mol. The molecule has 0 atom stereocenters. The van der Waals surface area contributed by atoms with Crippen LogP contribution in [0.2, 0.25) is 5.02 Å². The van der Waals surface area contributed by atoms with E-state index in [9.17, 15) is 13.2 Å². The van der Waals surface area contributed by atoms with Gasteiger partial charge < -0.3 is 4.90 Å². The van der Waals surface area contributed by atoms with Gasteiger partial charge in [0, 0.05) is 31.9 Å². The van der Waals surface area contributed by atoms with Crippen LogP contribution in [0.15, 0.2) is 48.7 Å². The minimum atomic E-state index is -3.23. The van der Waals surface area contributed by atoms with E-state index in [0.29, 0.717) is 49.6 Å². The van der Waals surface area contributed by atoms with Crippen LogP contribution in [0.1, 0.15) is 48.7 Å². The normalized spacial score (nSPS) is 15.8. The molecule has 2 aromatic rings. The van der Waals surface area contributed by atoms with Gasteiger partial charge in [0.1, 0.15) is 5.69 Å². The average Bonchev–Trinajstić information content (AvgIpc) is 2.77. The zero-order chi connectivity index (χ0) is 21.6. The number of piperidine rings is 1. The van der Waals surface area contributed by atoms with Crippen molar-refractivity contribution >= 4 is 27.5 Å². The van der Waals surface area contributed by atoms with Crippen molar-refractivity contribution in [3.8, 4) is 0 Å². The maximum Gasteiger partial charge on any atom is 0.272 e. The molecule has 1 aliphatic heterocycles. The fourth-order valence-electron chi connectivity index (χ4n) is 3.68. The first kappa shape index (κ1) is 22.7. The summed E-state index contributed by atoms with van der Waals surface area (Å²) in [5.41, 5.74) is 1.37. The molecule has 1 amide bonds. The molecule has 0 N–H and O–H groups in total. The highest BCUT2D eigenvalue weighted by Crippen LogP contribution is 2.23. The van der Waals surface area contributed by atoms with Gasteiger partial charge in [0.15, 0.2) is 0 Å². The number of hydrogen-bond acceptors (Lipinski definition) is 4. The topological polar surface area (TPSA) is 70.6 Å². The number of carbonyl (C=O) groups is 1. The summed E-state index contributed by atoms with van der Waals surface area (Å²) >= 11 is 5.92. The molecular weight excluding hydrogens is 422 g/mol. The van der Waals surface area contributed by atoms with E-state index in [-0.39, 0.29) is 17.7 Å². The molecule has 0 unspecified atom stereocenters. The number of nitrogens with zero attached hydrogens (tertiary/aromatic N) is 3. The van der Waals surface area contributed by atoms with Crippen molar-refractivity contribution in [1.29, 1.82) is 0 Å². The molecule has 1 aromatic carbocycles. The molecule has 0 bridgehead atoms. The molecule has 0 saturated carbocycles. The fourth-order valence-corrected chi connectivity index (χ4v) is 5.47. The lowest BCUT2D eigenvalue weighted by Gasteiger charge is -2.38. The predicted molar refractivity (Wildman–Crippen MR) is 119 cm³/mol. The van der Waals surface area contributed by atoms with Gasteiger partial charge in [0.25, 0.3) is 5.91 Å². The Balaban J connectivity index is 1.76. The highest BCUT2D eigenvalue weighted by molar-refractivity contribution is 7.89. The highest BCUT2D eigenvalue weighted by atomic mass is 35.5. The summed E-state index contributed by atoms with van der Waals surface area (Å²) in [4.78, 5) is 19.3. The number of halogens is 1. The second-order valence-corrected chi connectivity index (χ2v) is 10.1. The zero-order valence-corrected chi connectivity index (χ0v) is 18.8. The van der Waals surface area contributed by atoms with Gasteiger partial charge >= 0.3 is 0 Å². The first-order valence-electron chi connectivity index (χ1n) is 10.3. The zero-order valence-electron chi connectivity index (χ0n) is 17.2. The number of aromatic nitrogens is 1. The van der Waals surface area contributed by atoms with Crippen molar-refractivity contribution in [2.75, 3.05) is 18.8 Å². The van der Waals surface area contributed by atoms with E-state index in [4.69, 9.17) is 11.6 Å². The molecule has 30 heavy (non-hydrogen) atoms. The average molecular weight is 450 g/mol. The summed E-state index contributed by atoms with van der Waals surface area (Å²) in [6.45, 7) is 3.31. The van der Waals surface area contributed by atoms with E-state index in [1.54, 1.807) is 16.4 Å². The first-order valence-corrected chi connectivity index (χ1v) is 12.3. The van der Waals surface area contributed by atoms with Crippen LogP contribution in [0.4, 0.5) is 0 Å². The Bertz CT molecular complexity index is 928. The highest BCUT2D eigenvalue weighted by Gasteiger charge is 2.33. The first-order chi connectivity index (χ1) is 14.4. The number of pyridine rings is 1. The van der Waals surface area contributed by atoms with Gasteiger partial charge in [-0.05, 0) is 37.0 Å². The lowest BCUT2D eigenvalue weighted by molar-refractivity contribution is 0.0590. The summed E-state index contributed by atoms with van der Waals surface area (Å²) < 4.78 is 26.6. The largest absolute Gasteiger partial charge is 0.330 e. The number of rotatable bonds is 8. The van der Waals surface area contributed by atoms with Crippen molar-refractivity contribution < 1.29 is 13.2 Å². The Morgan fingerprint density at radius 2 is 1.87 bits per heavy atom. The van der Waals surface area contributed by atoms with Crippen molar-refractivity contribution in [1.82, 2.24) is 14.2 Å². The van der Waals surface area contributed by atoms with E-state index in [1.165, 1.54) is 6.20 Å². The molecule has 162 valence electrons. The molecule has 3 rings (SSSR count). The van der Waals surface area contributed by atoms with Crippen LogP contribution in [-0.2, 0) is 16.6 Å². The van der Waals surface area contributed by atoms with Crippen LogP contribution in [0.25, 0.3) is 0 Å². The second-order valence-electron chi connectivity index (χ2n) is 7.58. The van der Waals surface area contributed by atoms with Crippen molar-refractivity contribution in [2.24, 2.45) is 0 Å². The Morgan fingerprint density at radius 3 is 2.47 bits per heavy atom. The second kappa shape index (κ2) is 10.4. The van der Waals surface area contributed by atoms with E-state index in [0.717, 1.165) is 12.0 Å². The Morgan fingerprint density at radius 1 is 1.17 bits per heavy atom. The molecule has 0 aliphatic carbocycles. The Hall–Kier alpha value is -1.96. The van der Waals surface area contributed by atoms with Gasteiger partial charge in [-0.15, -0.1) is 0 Å². The molecule has 0 radical (unpaired) electrons. The van der Waals surface area contributed by atoms with E-state index >= 15 is 0 Å².